The summed E-state index contributed by atoms with van der Waals surface area (Å²) < 4.78 is 17.4. The van der Waals surface area contributed by atoms with Gasteiger partial charge < -0.3 is 18.8 Å². The lowest BCUT2D eigenvalue weighted by atomic mass is 10.1. The Morgan fingerprint density at radius 1 is 1.08 bits per heavy atom. The Bertz CT molecular complexity index is 886. The van der Waals surface area contributed by atoms with Crippen LogP contribution in [0.25, 0.3) is 11.0 Å². The predicted octanol–water partition coefficient (Wildman–Crippen LogP) is 2.89. The van der Waals surface area contributed by atoms with Crippen molar-refractivity contribution in [3.63, 3.8) is 0 Å². The van der Waals surface area contributed by atoms with Crippen LogP contribution >= 0.6 is 0 Å². The molecule has 0 N–H and O–H groups in total. The van der Waals surface area contributed by atoms with Crippen LogP contribution < -0.4 is 9.47 Å². The predicted molar refractivity (Wildman–Crippen MR) is 89.7 cm³/mol. The van der Waals surface area contributed by atoms with Gasteiger partial charge in [-0.3, -0.25) is 0 Å². The van der Waals surface area contributed by atoms with E-state index in [1.807, 2.05) is 28.8 Å². The number of hydrogen-bond donors (Lipinski definition) is 0. The van der Waals surface area contributed by atoms with Crippen molar-refractivity contribution in [3.8, 4) is 11.5 Å². The number of methoxy groups -OCH3 is 3. The van der Waals surface area contributed by atoms with Crippen molar-refractivity contribution in [1.29, 1.82) is 0 Å². The highest BCUT2D eigenvalue weighted by Crippen LogP contribution is 2.26. The average Bonchev–Trinajstić information content (AvgIpc) is 3.03. The summed E-state index contributed by atoms with van der Waals surface area (Å²) in [4.78, 5) is 16.1. The molecular formula is C18H18N2O4. The fourth-order valence-electron chi connectivity index (χ4n) is 2.59. The lowest BCUT2D eigenvalue weighted by Crippen LogP contribution is -2.03. The third-order valence-electron chi connectivity index (χ3n) is 3.88. The molecule has 0 atom stereocenters. The molecule has 0 amide bonds. The van der Waals surface area contributed by atoms with Gasteiger partial charge >= 0.3 is 5.97 Å². The Labute approximate surface area is 139 Å². The minimum Gasteiger partial charge on any atom is -0.497 e. The molecule has 3 rings (SSSR count). The molecule has 6 heteroatoms. The summed E-state index contributed by atoms with van der Waals surface area (Å²) in [5.41, 5.74) is 3.15. The minimum atomic E-state index is -0.369. The molecule has 0 aliphatic rings. The van der Waals surface area contributed by atoms with E-state index in [2.05, 4.69) is 4.98 Å². The molecule has 124 valence electrons. The summed E-state index contributed by atoms with van der Waals surface area (Å²) >= 11 is 0. The van der Waals surface area contributed by atoms with E-state index in [0.29, 0.717) is 12.1 Å². The molecule has 0 saturated carbocycles. The standard InChI is InChI=1S/C18H18N2O4/c1-22-14-6-4-13(17(9-14)23-2)10-20-11-19-15-7-5-12(8-16(15)20)18(21)24-3/h4-9,11H,10H2,1-3H3. The molecule has 24 heavy (non-hydrogen) atoms. The maximum atomic E-state index is 11.7. The Hall–Kier alpha value is -3.02. The summed E-state index contributed by atoms with van der Waals surface area (Å²) in [5, 5.41) is 0. The van der Waals surface area contributed by atoms with E-state index in [-0.39, 0.29) is 5.97 Å². The lowest BCUT2D eigenvalue weighted by Gasteiger charge is -2.11. The summed E-state index contributed by atoms with van der Waals surface area (Å²) in [6.45, 7) is 0.564. The number of esters is 1. The van der Waals surface area contributed by atoms with Crippen molar-refractivity contribution in [3.05, 3.63) is 53.9 Å². The summed E-state index contributed by atoms with van der Waals surface area (Å²) in [7, 11) is 4.61. The molecule has 0 radical (unpaired) electrons. The first kappa shape index (κ1) is 15.9. The van der Waals surface area contributed by atoms with Crippen LogP contribution in [-0.4, -0.2) is 36.8 Å². The second-order valence-corrected chi connectivity index (χ2v) is 5.25. The zero-order valence-corrected chi connectivity index (χ0v) is 13.8. The van der Waals surface area contributed by atoms with Crippen molar-refractivity contribution >= 4 is 17.0 Å². The topological polar surface area (TPSA) is 62.6 Å². The average molecular weight is 326 g/mol. The first-order valence-corrected chi connectivity index (χ1v) is 7.40. The molecule has 0 aliphatic heterocycles. The number of aromatic nitrogens is 2. The molecule has 6 nitrogen and oxygen atoms in total. The highest BCUT2D eigenvalue weighted by molar-refractivity contribution is 5.93. The highest BCUT2D eigenvalue weighted by atomic mass is 16.5. The van der Waals surface area contributed by atoms with Gasteiger partial charge in [-0.1, -0.05) is 0 Å². The van der Waals surface area contributed by atoms with Crippen molar-refractivity contribution < 1.29 is 19.0 Å². The molecule has 0 aliphatic carbocycles. The number of carbonyl (C=O) groups is 1. The monoisotopic (exact) mass is 326 g/mol. The van der Waals surface area contributed by atoms with Crippen LogP contribution in [-0.2, 0) is 11.3 Å². The smallest absolute Gasteiger partial charge is 0.337 e. The molecular weight excluding hydrogens is 308 g/mol. The number of nitrogens with zero attached hydrogens (tertiary/aromatic N) is 2. The molecule has 3 aromatic rings. The summed E-state index contributed by atoms with van der Waals surface area (Å²) in [5.74, 6) is 1.10. The number of benzene rings is 2. The maximum Gasteiger partial charge on any atom is 0.337 e. The zero-order chi connectivity index (χ0) is 17.1. The van der Waals surface area contributed by atoms with Crippen LogP contribution in [0.3, 0.4) is 0 Å². The van der Waals surface area contributed by atoms with Crippen LogP contribution in [0.1, 0.15) is 15.9 Å². The van der Waals surface area contributed by atoms with Crippen LogP contribution in [0.2, 0.25) is 0 Å². The van der Waals surface area contributed by atoms with Gasteiger partial charge in [-0.05, 0) is 30.3 Å². The van der Waals surface area contributed by atoms with Gasteiger partial charge in [-0.25, -0.2) is 9.78 Å². The fourth-order valence-corrected chi connectivity index (χ4v) is 2.59. The Morgan fingerprint density at radius 3 is 2.62 bits per heavy atom. The van der Waals surface area contributed by atoms with Crippen molar-refractivity contribution in [2.24, 2.45) is 0 Å². The first-order chi connectivity index (χ1) is 11.7. The Kier molecular flexibility index (Phi) is 4.37. The van der Waals surface area contributed by atoms with Crippen molar-refractivity contribution in [2.45, 2.75) is 6.54 Å². The first-order valence-electron chi connectivity index (χ1n) is 7.40. The van der Waals surface area contributed by atoms with Gasteiger partial charge in [0.25, 0.3) is 0 Å². The molecule has 0 unspecified atom stereocenters. The number of hydrogen-bond acceptors (Lipinski definition) is 5. The van der Waals surface area contributed by atoms with Gasteiger partial charge in [0.1, 0.15) is 11.5 Å². The van der Waals surface area contributed by atoms with E-state index in [1.165, 1.54) is 7.11 Å². The lowest BCUT2D eigenvalue weighted by molar-refractivity contribution is 0.0601. The molecule has 2 aromatic carbocycles. The largest absolute Gasteiger partial charge is 0.497 e. The second-order valence-electron chi connectivity index (χ2n) is 5.25. The normalized spacial score (nSPS) is 10.6. The summed E-state index contributed by atoms with van der Waals surface area (Å²) in [6.07, 6.45) is 1.75. The fraction of sp³-hybridized carbons (Fsp3) is 0.222. The van der Waals surface area contributed by atoms with E-state index in [4.69, 9.17) is 14.2 Å². The molecule has 0 spiro atoms. The van der Waals surface area contributed by atoms with Crippen LogP contribution in [0.5, 0.6) is 11.5 Å². The van der Waals surface area contributed by atoms with E-state index in [0.717, 1.165) is 28.1 Å². The van der Waals surface area contributed by atoms with Crippen LogP contribution in [0, 0.1) is 0 Å². The second kappa shape index (κ2) is 6.62. The third kappa shape index (κ3) is 2.90. The highest BCUT2D eigenvalue weighted by Gasteiger charge is 2.11. The maximum absolute atomic E-state index is 11.7. The van der Waals surface area contributed by atoms with Crippen molar-refractivity contribution in [2.75, 3.05) is 21.3 Å². The summed E-state index contributed by atoms with van der Waals surface area (Å²) in [6, 6.07) is 11.0. The Balaban J connectivity index is 1.99. The van der Waals surface area contributed by atoms with Gasteiger partial charge in [-0.15, -0.1) is 0 Å². The number of imidazole rings is 1. The van der Waals surface area contributed by atoms with Crippen molar-refractivity contribution in [1.82, 2.24) is 9.55 Å². The van der Waals surface area contributed by atoms with Crippen LogP contribution in [0.15, 0.2) is 42.7 Å². The molecule has 0 fully saturated rings. The van der Waals surface area contributed by atoms with E-state index in [1.54, 1.807) is 32.7 Å². The number of ether oxygens (including phenoxy) is 3. The van der Waals surface area contributed by atoms with E-state index in [9.17, 15) is 4.79 Å². The van der Waals surface area contributed by atoms with E-state index < -0.39 is 0 Å². The molecule has 0 bridgehead atoms. The Morgan fingerprint density at radius 2 is 1.92 bits per heavy atom. The minimum absolute atomic E-state index is 0.369. The van der Waals surface area contributed by atoms with Gasteiger partial charge in [0.15, 0.2) is 0 Å². The zero-order valence-electron chi connectivity index (χ0n) is 13.8. The quantitative estimate of drug-likeness (QED) is 0.675. The van der Waals surface area contributed by atoms with Gasteiger partial charge in [0.2, 0.25) is 0 Å². The molecule has 0 saturated heterocycles. The number of rotatable bonds is 5. The van der Waals surface area contributed by atoms with Crippen LogP contribution in [0.4, 0.5) is 0 Å². The van der Waals surface area contributed by atoms with Gasteiger partial charge in [0, 0.05) is 11.6 Å². The van der Waals surface area contributed by atoms with Gasteiger partial charge in [-0.2, -0.15) is 0 Å². The molecule has 1 heterocycles. The van der Waals surface area contributed by atoms with Gasteiger partial charge in [0.05, 0.1) is 50.8 Å². The number of fused-ring (bicyclic) bond motifs is 1. The van der Waals surface area contributed by atoms with E-state index >= 15 is 0 Å². The molecule has 1 aromatic heterocycles. The third-order valence-corrected chi connectivity index (χ3v) is 3.88. The number of carbonyl (C=O) groups excluding carboxylic acids is 1. The SMILES string of the molecule is COC(=O)c1ccc2ncn(Cc3ccc(OC)cc3OC)c2c1.